The van der Waals surface area contributed by atoms with E-state index in [0.29, 0.717) is 33.2 Å². The van der Waals surface area contributed by atoms with Gasteiger partial charge in [0.05, 0.1) is 15.7 Å². The zero-order valence-corrected chi connectivity index (χ0v) is 13.0. The minimum Gasteiger partial charge on any atom is -0.384 e. The summed E-state index contributed by atoms with van der Waals surface area (Å²) >= 11 is 12.3. The molecule has 1 aromatic heterocycles. The van der Waals surface area contributed by atoms with Crippen molar-refractivity contribution < 1.29 is 0 Å². The number of anilines is 3. The number of nitrogen functional groups attached to an aromatic ring is 1. The first-order valence-electron chi connectivity index (χ1n) is 6.13. The number of aromatic nitrogens is 2. The molecule has 6 heteroatoms. The molecular formula is C14H16Cl2N4. The van der Waals surface area contributed by atoms with Crippen molar-refractivity contribution in [2.75, 3.05) is 11.1 Å². The highest BCUT2D eigenvalue weighted by molar-refractivity contribution is 6.39. The number of benzene rings is 1. The summed E-state index contributed by atoms with van der Waals surface area (Å²) in [6, 6.07) is 6.94. The molecule has 2 rings (SSSR count). The van der Waals surface area contributed by atoms with Crippen LogP contribution in [0, 0.1) is 0 Å². The van der Waals surface area contributed by atoms with Crippen LogP contribution in [0.15, 0.2) is 24.3 Å². The molecule has 106 valence electrons. The van der Waals surface area contributed by atoms with Crippen molar-refractivity contribution in [3.8, 4) is 0 Å². The maximum absolute atomic E-state index is 6.13. The lowest BCUT2D eigenvalue weighted by molar-refractivity contribution is 0.547. The van der Waals surface area contributed by atoms with Gasteiger partial charge in [-0.05, 0) is 12.1 Å². The molecule has 0 aliphatic carbocycles. The third kappa shape index (κ3) is 3.32. The van der Waals surface area contributed by atoms with Gasteiger partial charge in [-0.1, -0.05) is 50.0 Å². The number of nitrogens with two attached hydrogens (primary N) is 1. The van der Waals surface area contributed by atoms with Crippen LogP contribution >= 0.6 is 23.2 Å². The summed E-state index contributed by atoms with van der Waals surface area (Å²) < 4.78 is 0. The van der Waals surface area contributed by atoms with E-state index in [1.54, 1.807) is 24.3 Å². The molecule has 3 N–H and O–H groups in total. The van der Waals surface area contributed by atoms with Gasteiger partial charge < -0.3 is 11.1 Å². The van der Waals surface area contributed by atoms with Crippen LogP contribution in [0.1, 0.15) is 26.6 Å². The Bertz CT molecular complexity index is 615. The molecule has 4 nitrogen and oxygen atoms in total. The van der Waals surface area contributed by atoms with Gasteiger partial charge in [0.15, 0.2) is 0 Å². The molecule has 0 amide bonds. The third-order valence-electron chi connectivity index (χ3n) is 2.63. The molecule has 0 radical (unpaired) electrons. The molecule has 0 saturated heterocycles. The minimum absolute atomic E-state index is 0.198. The smallest absolute Gasteiger partial charge is 0.138 e. The predicted molar refractivity (Wildman–Crippen MR) is 84.9 cm³/mol. The number of para-hydroxylation sites is 1. The molecule has 0 spiro atoms. The van der Waals surface area contributed by atoms with Crippen LogP contribution in [-0.2, 0) is 5.41 Å². The Morgan fingerprint density at radius 3 is 2.25 bits per heavy atom. The average Bonchev–Trinajstić information content (AvgIpc) is 2.32. The van der Waals surface area contributed by atoms with E-state index in [9.17, 15) is 0 Å². The number of nitrogens with one attached hydrogen (secondary N) is 1. The molecule has 20 heavy (non-hydrogen) atoms. The quantitative estimate of drug-likeness (QED) is 0.862. The van der Waals surface area contributed by atoms with Crippen LogP contribution in [-0.4, -0.2) is 9.97 Å². The molecule has 0 aliphatic rings. The third-order valence-corrected chi connectivity index (χ3v) is 3.26. The van der Waals surface area contributed by atoms with Crippen molar-refractivity contribution >= 4 is 40.5 Å². The van der Waals surface area contributed by atoms with E-state index in [4.69, 9.17) is 28.9 Å². The second-order valence-electron chi connectivity index (χ2n) is 5.47. The molecule has 0 saturated carbocycles. The second kappa shape index (κ2) is 5.46. The Morgan fingerprint density at radius 1 is 1.10 bits per heavy atom. The summed E-state index contributed by atoms with van der Waals surface area (Å²) in [5.74, 6) is 1.62. The van der Waals surface area contributed by atoms with Crippen LogP contribution in [0.5, 0.6) is 0 Å². The van der Waals surface area contributed by atoms with Crippen LogP contribution < -0.4 is 11.1 Å². The van der Waals surface area contributed by atoms with Crippen LogP contribution in [0.25, 0.3) is 0 Å². The van der Waals surface area contributed by atoms with Gasteiger partial charge in [0.2, 0.25) is 0 Å². The first-order chi connectivity index (χ1) is 9.27. The van der Waals surface area contributed by atoms with Crippen LogP contribution in [0.3, 0.4) is 0 Å². The second-order valence-corrected chi connectivity index (χ2v) is 6.29. The van der Waals surface area contributed by atoms with E-state index < -0.39 is 0 Å². The number of hydrogen-bond acceptors (Lipinski definition) is 4. The average molecular weight is 311 g/mol. The normalized spacial score (nSPS) is 11.4. The lowest BCUT2D eigenvalue weighted by Crippen LogP contribution is -2.17. The van der Waals surface area contributed by atoms with E-state index in [0.717, 1.165) is 0 Å². The first-order valence-corrected chi connectivity index (χ1v) is 6.89. The molecule has 0 atom stereocenters. The summed E-state index contributed by atoms with van der Waals surface area (Å²) in [5, 5.41) is 4.14. The van der Waals surface area contributed by atoms with Gasteiger partial charge in [-0.15, -0.1) is 0 Å². The highest BCUT2D eigenvalue weighted by Gasteiger charge is 2.19. The molecule has 1 aromatic carbocycles. The van der Waals surface area contributed by atoms with E-state index >= 15 is 0 Å². The van der Waals surface area contributed by atoms with Crippen molar-refractivity contribution in [3.05, 3.63) is 40.1 Å². The van der Waals surface area contributed by atoms with Gasteiger partial charge in [0, 0.05) is 11.5 Å². The Morgan fingerprint density at radius 2 is 1.70 bits per heavy atom. The largest absolute Gasteiger partial charge is 0.384 e. The van der Waals surface area contributed by atoms with Crippen LogP contribution in [0.4, 0.5) is 17.3 Å². The monoisotopic (exact) mass is 310 g/mol. The van der Waals surface area contributed by atoms with E-state index in [1.807, 2.05) is 20.8 Å². The fourth-order valence-corrected chi connectivity index (χ4v) is 2.10. The fourth-order valence-electron chi connectivity index (χ4n) is 1.61. The summed E-state index contributed by atoms with van der Waals surface area (Å²) in [6.45, 7) is 6.07. The molecule has 1 heterocycles. The van der Waals surface area contributed by atoms with Gasteiger partial charge >= 0.3 is 0 Å². The Labute approximate surface area is 128 Å². The van der Waals surface area contributed by atoms with Crippen molar-refractivity contribution in [1.29, 1.82) is 0 Å². The Balaban J connectivity index is 2.42. The van der Waals surface area contributed by atoms with E-state index in [2.05, 4.69) is 15.3 Å². The topological polar surface area (TPSA) is 63.8 Å². The molecule has 0 aliphatic heterocycles. The zero-order valence-electron chi connectivity index (χ0n) is 11.5. The lowest BCUT2D eigenvalue weighted by Gasteiger charge is -2.18. The predicted octanol–water partition coefficient (Wildman–Crippen LogP) is 4.41. The summed E-state index contributed by atoms with van der Waals surface area (Å²) in [7, 11) is 0. The van der Waals surface area contributed by atoms with Gasteiger partial charge in [-0.3, -0.25) is 0 Å². The molecular weight excluding hydrogens is 295 g/mol. The Hall–Kier alpha value is -1.52. The zero-order chi connectivity index (χ0) is 14.9. The number of nitrogens with zero attached hydrogens (tertiary/aromatic N) is 2. The molecule has 2 aromatic rings. The van der Waals surface area contributed by atoms with Crippen molar-refractivity contribution in [2.24, 2.45) is 0 Å². The number of hydrogen-bond donors (Lipinski definition) is 2. The SMILES string of the molecule is CC(C)(C)c1nc(N)cc(Nc2c(Cl)cccc2Cl)n1. The molecule has 0 bridgehead atoms. The van der Waals surface area contributed by atoms with Gasteiger partial charge in [-0.2, -0.15) is 0 Å². The minimum atomic E-state index is -0.198. The highest BCUT2D eigenvalue weighted by Crippen LogP contribution is 2.32. The van der Waals surface area contributed by atoms with Crippen molar-refractivity contribution in [1.82, 2.24) is 9.97 Å². The summed E-state index contributed by atoms with van der Waals surface area (Å²) in [4.78, 5) is 8.72. The molecule has 0 unspecified atom stereocenters. The van der Waals surface area contributed by atoms with Crippen LogP contribution in [0.2, 0.25) is 10.0 Å². The van der Waals surface area contributed by atoms with Gasteiger partial charge in [0.1, 0.15) is 17.5 Å². The summed E-state index contributed by atoms with van der Waals surface area (Å²) in [5.41, 5.74) is 6.24. The summed E-state index contributed by atoms with van der Waals surface area (Å²) in [6.07, 6.45) is 0. The Kier molecular flexibility index (Phi) is 4.06. The lowest BCUT2D eigenvalue weighted by atomic mass is 9.96. The number of rotatable bonds is 2. The standard InChI is InChI=1S/C14H16Cl2N4/c1-14(2,3)13-18-10(17)7-11(20-13)19-12-8(15)5-4-6-9(12)16/h4-7H,1-3H3,(H3,17,18,19,20). The van der Waals surface area contributed by atoms with Gasteiger partial charge in [-0.25, -0.2) is 9.97 Å². The van der Waals surface area contributed by atoms with E-state index in [1.165, 1.54) is 0 Å². The first kappa shape index (κ1) is 14.9. The van der Waals surface area contributed by atoms with E-state index in [-0.39, 0.29) is 5.41 Å². The van der Waals surface area contributed by atoms with Crippen molar-refractivity contribution in [3.63, 3.8) is 0 Å². The fraction of sp³-hybridized carbons (Fsp3) is 0.286. The number of halogens is 2. The van der Waals surface area contributed by atoms with Gasteiger partial charge in [0.25, 0.3) is 0 Å². The molecule has 0 fully saturated rings. The highest BCUT2D eigenvalue weighted by atomic mass is 35.5. The van der Waals surface area contributed by atoms with Crippen molar-refractivity contribution in [2.45, 2.75) is 26.2 Å². The maximum Gasteiger partial charge on any atom is 0.138 e. The maximum atomic E-state index is 6.13.